The number of anilines is 2. The first-order valence-electron chi connectivity index (χ1n) is 13.9. The average molecular weight is 819 g/mol. The van der Waals surface area contributed by atoms with Crippen LogP contribution in [-0.4, -0.2) is 36.2 Å². The Morgan fingerprint density at radius 1 is 0.745 bits per heavy atom. The topological polar surface area (TPSA) is 117 Å². The highest BCUT2D eigenvalue weighted by atomic mass is 79.9. The van der Waals surface area contributed by atoms with Gasteiger partial charge < -0.3 is 30.3 Å². The van der Waals surface area contributed by atoms with Crippen LogP contribution in [0.1, 0.15) is 28.7 Å². The summed E-state index contributed by atoms with van der Waals surface area (Å²) in [6, 6.07) is 16.5. The number of hydrogen-bond donors (Lipinski definition) is 4. The molecule has 0 saturated carbocycles. The van der Waals surface area contributed by atoms with Crippen molar-refractivity contribution in [3.8, 4) is 11.5 Å². The summed E-state index contributed by atoms with van der Waals surface area (Å²) in [4.78, 5) is 21.4. The summed E-state index contributed by atoms with van der Waals surface area (Å²) in [5.41, 5.74) is 2.89. The van der Waals surface area contributed by atoms with Crippen LogP contribution in [0.25, 0.3) is 0 Å². The molecule has 0 heterocycles. The fraction of sp³-hybridized carbons (Fsp3) is 0.212. The molecule has 0 radical (unpaired) electrons. The van der Waals surface area contributed by atoms with Crippen LogP contribution in [-0.2, 0) is 35.6 Å². The molecular formula is C33H30Br2Cl2F2N2O6. The van der Waals surface area contributed by atoms with Gasteiger partial charge in [-0.3, -0.25) is 9.59 Å². The number of carboxylic acid groups (broad SMARTS) is 2. The summed E-state index contributed by atoms with van der Waals surface area (Å²) < 4.78 is 40.9. The summed E-state index contributed by atoms with van der Waals surface area (Å²) >= 11 is 19.0. The minimum absolute atomic E-state index is 0.0565. The first-order valence-corrected chi connectivity index (χ1v) is 16.2. The van der Waals surface area contributed by atoms with E-state index in [0.717, 1.165) is 5.56 Å². The van der Waals surface area contributed by atoms with Crippen LogP contribution < -0.4 is 20.1 Å². The van der Waals surface area contributed by atoms with E-state index >= 15 is 0 Å². The quantitative estimate of drug-likeness (QED) is 0.106. The molecular weight excluding hydrogens is 789 g/mol. The van der Waals surface area contributed by atoms with Crippen molar-refractivity contribution in [3.05, 3.63) is 114 Å². The first kappa shape index (κ1) is 37.9. The van der Waals surface area contributed by atoms with Crippen molar-refractivity contribution in [2.45, 2.75) is 32.5 Å². The Kier molecular flexibility index (Phi) is 14.6. The highest BCUT2D eigenvalue weighted by Crippen LogP contribution is 2.37. The number of rotatable bonds is 13. The van der Waals surface area contributed by atoms with E-state index in [2.05, 4.69) is 42.5 Å². The number of carboxylic acids is 2. The molecule has 0 amide bonds. The number of ether oxygens (including phenoxy) is 2. The van der Waals surface area contributed by atoms with Crippen molar-refractivity contribution in [2.24, 2.45) is 0 Å². The Bertz CT molecular complexity index is 1700. The largest absolute Gasteiger partial charge is 0.486 e. The van der Waals surface area contributed by atoms with Gasteiger partial charge in [-0.05, 0) is 85.8 Å². The maximum atomic E-state index is 14.2. The predicted octanol–water partition coefficient (Wildman–Crippen LogP) is 9.37. The molecule has 0 atom stereocenters. The monoisotopic (exact) mass is 816 g/mol. The third-order valence-corrected chi connectivity index (χ3v) is 8.28. The molecule has 14 heteroatoms. The van der Waals surface area contributed by atoms with Crippen molar-refractivity contribution >= 4 is 78.4 Å². The number of halogens is 6. The lowest BCUT2D eigenvalue weighted by molar-refractivity contribution is -0.137. The molecule has 4 N–H and O–H groups in total. The molecule has 4 rings (SSSR count). The minimum Gasteiger partial charge on any atom is -0.486 e. The Balaban J connectivity index is 0.000000256. The highest BCUT2D eigenvalue weighted by Gasteiger charge is 2.15. The smallest absolute Gasteiger partial charge is 0.307 e. The van der Waals surface area contributed by atoms with E-state index in [1.165, 1.54) is 12.1 Å². The summed E-state index contributed by atoms with van der Waals surface area (Å²) in [5, 5.41) is 23.4. The van der Waals surface area contributed by atoms with Crippen LogP contribution in [0.5, 0.6) is 11.5 Å². The third-order valence-electron chi connectivity index (χ3n) is 6.54. The zero-order valence-electron chi connectivity index (χ0n) is 25.1. The second-order valence-corrected chi connectivity index (χ2v) is 12.4. The van der Waals surface area contributed by atoms with E-state index in [0.29, 0.717) is 49.2 Å². The van der Waals surface area contributed by atoms with Gasteiger partial charge in [0, 0.05) is 31.6 Å². The maximum Gasteiger partial charge on any atom is 0.307 e. The molecule has 4 aromatic rings. The SMILES string of the molecule is CNc1cccc(COc2c(Br)cc(CCC(=O)O)cc2Br)c1F.CNc1cccc(COc2c(Cl)cc(CC(=O)O)cc2Cl)c1F. The number of aryl methyl sites for hydroxylation is 1. The second-order valence-electron chi connectivity index (χ2n) is 9.88. The normalized spacial score (nSPS) is 10.5. The van der Waals surface area contributed by atoms with Gasteiger partial charge in [-0.15, -0.1) is 0 Å². The molecule has 8 nitrogen and oxygen atoms in total. The fourth-order valence-electron chi connectivity index (χ4n) is 4.24. The Morgan fingerprint density at radius 3 is 1.64 bits per heavy atom. The number of nitrogens with one attached hydrogen (secondary N) is 2. The van der Waals surface area contributed by atoms with Crippen molar-refractivity contribution in [3.63, 3.8) is 0 Å². The van der Waals surface area contributed by atoms with Gasteiger partial charge >= 0.3 is 11.9 Å². The standard InChI is InChI=1S/C17H16Br2FNO3.C16H14Cl2FNO3/c1-21-14-4-2-3-11(16(14)20)9-24-17-12(18)7-10(8-13(17)19)5-6-15(22)23;1-20-13-4-2-3-10(15(13)19)8-23-16-11(17)5-9(6-12(16)18)7-14(21)22/h2-4,7-8,21H,5-6,9H2,1H3,(H,22,23);2-6,20H,7-8H2,1H3,(H,21,22). The number of benzene rings is 4. The molecule has 0 spiro atoms. The van der Waals surface area contributed by atoms with Gasteiger partial charge in [0.05, 0.1) is 36.8 Å². The van der Waals surface area contributed by atoms with Crippen molar-refractivity contribution in [1.82, 2.24) is 0 Å². The molecule has 0 aliphatic carbocycles. The van der Waals surface area contributed by atoms with E-state index in [1.807, 2.05) is 12.1 Å². The van der Waals surface area contributed by atoms with Gasteiger partial charge in [0.1, 0.15) is 19.0 Å². The van der Waals surface area contributed by atoms with Crippen LogP contribution >= 0.6 is 55.1 Å². The first-order chi connectivity index (χ1) is 22.3. The predicted molar refractivity (Wildman–Crippen MR) is 186 cm³/mol. The van der Waals surface area contributed by atoms with Crippen LogP contribution in [0, 0.1) is 11.6 Å². The van der Waals surface area contributed by atoms with Crippen LogP contribution in [0.15, 0.2) is 69.6 Å². The van der Waals surface area contributed by atoms with Gasteiger partial charge in [-0.1, -0.05) is 47.5 Å². The van der Waals surface area contributed by atoms with E-state index in [-0.39, 0.29) is 47.7 Å². The summed E-state index contributed by atoms with van der Waals surface area (Å²) in [5.74, 6) is -1.85. The molecule has 0 saturated heterocycles. The Morgan fingerprint density at radius 2 is 1.21 bits per heavy atom. The lowest BCUT2D eigenvalue weighted by atomic mass is 10.1. The summed E-state index contributed by atoms with van der Waals surface area (Å²) in [6.45, 7) is 0.0199. The van der Waals surface area contributed by atoms with Crippen LogP contribution in [0.4, 0.5) is 20.2 Å². The molecule has 0 aliphatic heterocycles. The molecule has 47 heavy (non-hydrogen) atoms. The summed E-state index contributed by atoms with van der Waals surface area (Å²) in [6.07, 6.45) is 0.283. The Labute approximate surface area is 297 Å². The third kappa shape index (κ3) is 11.0. The molecule has 250 valence electrons. The van der Waals surface area contributed by atoms with E-state index in [1.54, 1.807) is 50.5 Å². The highest BCUT2D eigenvalue weighted by molar-refractivity contribution is 9.11. The molecule has 4 aromatic carbocycles. The van der Waals surface area contributed by atoms with Crippen molar-refractivity contribution < 1.29 is 38.1 Å². The fourth-order valence-corrected chi connectivity index (χ4v) is 6.39. The van der Waals surface area contributed by atoms with E-state index in [4.69, 9.17) is 42.9 Å². The zero-order chi connectivity index (χ0) is 34.7. The number of aliphatic carboxylic acids is 2. The van der Waals surface area contributed by atoms with E-state index in [9.17, 15) is 18.4 Å². The molecule has 0 aromatic heterocycles. The molecule has 0 aliphatic rings. The zero-order valence-corrected chi connectivity index (χ0v) is 29.8. The van der Waals surface area contributed by atoms with Gasteiger partial charge in [0.15, 0.2) is 17.4 Å². The van der Waals surface area contributed by atoms with E-state index < -0.39 is 17.8 Å². The van der Waals surface area contributed by atoms with Gasteiger partial charge in [0.2, 0.25) is 0 Å². The maximum absolute atomic E-state index is 14.2. The van der Waals surface area contributed by atoms with Crippen LogP contribution in [0.2, 0.25) is 10.0 Å². The number of carbonyl (C=O) groups is 2. The van der Waals surface area contributed by atoms with Crippen molar-refractivity contribution in [2.75, 3.05) is 24.7 Å². The van der Waals surface area contributed by atoms with Crippen LogP contribution in [0.3, 0.4) is 0 Å². The molecule has 0 fully saturated rings. The lowest BCUT2D eigenvalue weighted by Gasteiger charge is -2.13. The average Bonchev–Trinajstić information content (AvgIpc) is 3.00. The summed E-state index contributed by atoms with van der Waals surface area (Å²) in [7, 11) is 3.28. The molecule has 0 bridgehead atoms. The van der Waals surface area contributed by atoms with Gasteiger partial charge in [0.25, 0.3) is 0 Å². The lowest BCUT2D eigenvalue weighted by Crippen LogP contribution is -2.04. The minimum atomic E-state index is -0.989. The van der Waals surface area contributed by atoms with Gasteiger partial charge in [-0.25, -0.2) is 8.78 Å². The Hall–Kier alpha value is -3.58. The number of hydrogen-bond acceptors (Lipinski definition) is 6. The van der Waals surface area contributed by atoms with Gasteiger partial charge in [-0.2, -0.15) is 0 Å². The second kappa shape index (κ2) is 18.1. The van der Waals surface area contributed by atoms with Crippen molar-refractivity contribution in [1.29, 1.82) is 0 Å². The molecule has 0 unspecified atom stereocenters.